The highest BCUT2D eigenvalue weighted by molar-refractivity contribution is 5.20. The molecule has 3 heterocycles. The summed E-state index contributed by atoms with van der Waals surface area (Å²) in [6.07, 6.45) is 1.36. The summed E-state index contributed by atoms with van der Waals surface area (Å²) in [6, 6.07) is 0.708. The summed E-state index contributed by atoms with van der Waals surface area (Å²) in [4.78, 5) is 2.53. The van der Waals surface area contributed by atoms with Crippen LogP contribution in [0, 0.1) is 19.8 Å². The molecule has 88 valence electrons. The van der Waals surface area contributed by atoms with E-state index in [0.717, 1.165) is 23.9 Å². The number of hydrogen-bond donors (Lipinski definition) is 1. The van der Waals surface area contributed by atoms with E-state index in [9.17, 15) is 0 Å². The Bertz CT molecular complexity index is 356. The van der Waals surface area contributed by atoms with Crippen molar-refractivity contribution in [2.45, 2.75) is 32.9 Å². The minimum Gasteiger partial charge on any atom is -0.361 e. The van der Waals surface area contributed by atoms with E-state index in [2.05, 4.69) is 15.4 Å². The van der Waals surface area contributed by atoms with Gasteiger partial charge in [0, 0.05) is 31.2 Å². The van der Waals surface area contributed by atoms with E-state index in [0.29, 0.717) is 6.04 Å². The zero-order valence-electron chi connectivity index (χ0n) is 9.99. The first-order valence-electron chi connectivity index (χ1n) is 6.10. The first-order valence-corrected chi connectivity index (χ1v) is 6.10. The molecule has 4 nitrogen and oxygen atoms in total. The second kappa shape index (κ2) is 3.86. The van der Waals surface area contributed by atoms with Crippen molar-refractivity contribution in [2.24, 2.45) is 5.92 Å². The van der Waals surface area contributed by atoms with Gasteiger partial charge in [-0.15, -0.1) is 0 Å². The monoisotopic (exact) mass is 221 g/mol. The van der Waals surface area contributed by atoms with Crippen molar-refractivity contribution in [3.63, 3.8) is 0 Å². The van der Waals surface area contributed by atoms with Crippen molar-refractivity contribution in [1.29, 1.82) is 0 Å². The summed E-state index contributed by atoms with van der Waals surface area (Å²) in [5, 5.41) is 7.59. The maximum absolute atomic E-state index is 5.21. The molecule has 0 spiro atoms. The number of nitrogens with one attached hydrogen (secondary N) is 1. The van der Waals surface area contributed by atoms with Crippen LogP contribution in [-0.4, -0.2) is 35.7 Å². The van der Waals surface area contributed by atoms with Crippen LogP contribution in [0.2, 0.25) is 0 Å². The van der Waals surface area contributed by atoms with Gasteiger partial charge in [0.1, 0.15) is 5.76 Å². The van der Waals surface area contributed by atoms with E-state index >= 15 is 0 Å². The number of rotatable bonds is 2. The SMILES string of the molecule is Cc1noc(C)c1CN1CC2CNC(C2)C1. The maximum Gasteiger partial charge on any atom is 0.138 e. The second-order valence-electron chi connectivity index (χ2n) is 5.20. The zero-order chi connectivity index (χ0) is 11.1. The number of aryl methyl sites for hydroxylation is 2. The standard InChI is InChI=1S/C12H19N3O/c1-8-12(9(2)16-14-8)7-15-5-10-3-11(6-15)13-4-10/h10-11,13H,3-7H2,1-2H3. The molecule has 0 saturated carbocycles. The Morgan fingerprint density at radius 1 is 1.44 bits per heavy atom. The van der Waals surface area contributed by atoms with E-state index in [-0.39, 0.29) is 0 Å². The Hall–Kier alpha value is -0.870. The summed E-state index contributed by atoms with van der Waals surface area (Å²) in [5.74, 6) is 1.82. The summed E-state index contributed by atoms with van der Waals surface area (Å²) < 4.78 is 5.21. The quantitative estimate of drug-likeness (QED) is 0.811. The number of hydrogen-bond acceptors (Lipinski definition) is 4. The Morgan fingerprint density at radius 3 is 3.00 bits per heavy atom. The van der Waals surface area contributed by atoms with Crippen LogP contribution < -0.4 is 5.32 Å². The van der Waals surface area contributed by atoms with E-state index < -0.39 is 0 Å². The van der Waals surface area contributed by atoms with Gasteiger partial charge in [0.2, 0.25) is 0 Å². The van der Waals surface area contributed by atoms with Gasteiger partial charge in [-0.3, -0.25) is 4.90 Å². The molecule has 2 bridgehead atoms. The van der Waals surface area contributed by atoms with Crippen molar-refractivity contribution in [3.8, 4) is 0 Å². The predicted molar refractivity (Wildman–Crippen MR) is 61.2 cm³/mol. The molecule has 2 unspecified atom stereocenters. The minimum atomic E-state index is 0.708. The largest absolute Gasteiger partial charge is 0.361 e. The smallest absolute Gasteiger partial charge is 0.138 e. The number of likely N-dealkylation sites (tertiary alicyclic amines) is 1. The predicted octanol–water partition coefficient (Wildman–Crippen LogP) is 1.09. The Labute approximate surface area is 96.0 Å². The van der Waals surface area contributed by atoms with Crippen LogP contribution in [0.3, 0.4) is 0 Å². The molecule has 3 rings (SSSR count). The number of fused-ring (bicyclic) bond motifs is 2. The molecule has 0 amide bonds. The topological polar surface area (TPSA) is 41.3 Å². The zero-order valence-corrected chi connectivity index (χ0v) is 9.99. The van der Waals surface area contributed by atoms with Gasteiger partial charge in [-0.1, -0.05) is 5.16 Å². The van der Waals surface area contributed by atoms with Gasteiger partial charge in [-0.25, -0.2) is 0 Å². The van der Waals surface area contributed by atoms with Gasteiger partial charge >= 0.3 is 0 Å². The second-order valence-corrected chi connectivity index (χ2v) is 5.20. The van der Waals surface area contributed by atoms with Gasteiger partial charge in [0.15, 0.2) is 0 Å². The maximum atomic E-state index is 5.21. The highest BCUT2D eigenvalue weighted by Gasteiger charge is 2.32. The fourth-order valence-corrected chi connectivity index (χ4v) is 3.01. The van der Waals surface area contributed by atoms with E-state index in [1.54, 1.807) is 0 Å². The Balaban J connectivity index is 1.71. The lowest BCUT2D eigenvalue weighted by molar-refractivity contribution is 0.184. The van der Waals surface area contributed by atoms with Gasteiger partial charge in [0.25, 0.3) is 0 Å². The van der Waals surface area contributed by atoms with Crippen LogP contribution in [0.5, 0.6) is 0 Å². The van der Waals surface area contributed by atoms with Crippen LogP contribution in [0.25, 0.3) is 0 Å². The number of nitrogens with zero attached hydrogens (tertiary/aromatic N) is 2. The van der Waals surface area contributed by atoms with Crippen molar-refractivity contribution >= 4 is 0 Å². The Morgan fingerprint density at radius 2 is 2.31 bits per heavy atom. The fraction of sp³-hybridized carbons (Fsp3) is 0.750. The molecule has 2 aliphatic rings. The molecule has 2 atom stereocenters. The average molecular weight is 221 g/mol. The molecule has 0 aromatic carbocycles. The molecule has 1 aromatic rings. The summed E-state index contributed by atoms with van der Waals surface area (Å²) in [5.41, 5.74) is 2.32. The molecule has 2 saturated heterocycles. The van der Waals surface area contributed by atoms with Gasteiger partial charge in [-0.05, 0) is 32.7 Å². The van der Waals surface area contributed by atoms with Crippen molar-refractivity contribution < 1.29 is 4.52 Å². The van der Waals surface area contributed by atoms with E-state index in [1.807, 2.05) is 13.8 Å². The third-order valence-electron chi connectivity index (χ3n) is 3.87. The number of aromatic nitrogens is 1. The number of piperidine rings is 1. The lowest BCUT2D eigenvalue weighted by atomic mass is 9.99. The summed E-state index contributed by atoms with van der Waals surface area (Å²) in [6.45, 7) is 8.61. The van der Waals surface area contributed by atoms with Crippen molar-refractivity contribution in [3.05, 3.63) is 17.0 Å². The normalized spacial score (nSPS) is 29.9. The first kappa shape index (κ1) is 10.3. The summed E-state index contributed by atoms with van der Waals surface area (Å²) >= 11 is 0. The molecule has 0 radical (unpaired) electrons. The Kier molecular flexibility index (Phi) is 2.48. The third kappa shape index (κ3) is 1.76. The lowest BCUT2D eigenvalue weighted by Crippen LogP contribution is -2.40. The molecule has 1 N–H and O–H groups in total. The fourth-order valence-electron chi connectivity index (χ4n) is 3.01. The minimum absolute atomic E-state index is 0.708. The van der Waals surface area contributed by atoms with Crippen LogP contribution in [0.15, 0.2) is 4.52 Å². The molecule has 0 aliphatic carbocycles. The lowest BCUT2D eigenvalue weighted by Gasteiger charge is -2.30. The molecule has 16 heavy (non-hydrogen) atoms. The van der Waals surface area contributed by atoms with E-state index in [4.69, 9.17) is 4.52 Å². The average Bonchev–Trinajstić information content (AvgIpc) is 2.75. The van der Waals surface area contributed by atoms with Gasteiger partial charge in [-0.2, -0.15) is 0 Å². The van der Waals surface area contributed by atoms with E-state index in [1.165, 1.54) is 31.6 Å². The highest BCUT2D eigenvalue weighted by Crippen LogP contribution is 2.24. The first-order chi connectivity index (χ1) is 7.72. The molecule has 2 fully saturated rings. The van der Waals surface area contributed by atoms with Crippen LogP contribution in [0.4, 0.5) is 0 Å². The van der Waals surface area contributed by atoms with Crippen LogP contribution in [0.1, 0.15) is 23.4 Å². The molecular weight excluding hydrogens is 202 g/mol. The van der Waals surface area contributed by atoms with Gasteiger partial charge < -0.3 is 9.84 Å². The van der Waals surface area contributed by atoms with Crippen molar-refractivity contribution in [2.75, 3.05) is 19.6 Å². The van der Waals surface area contributed by atoms with Gasteiger partial charge in [0.05, 0.1) is 5.69 Å². The third-order valence-corrected chi connectivity index (χ3v) is 3.87. The molecule has 4 heteroatoms. The highest BCUT2D eigenvalue weighted by atomic mass is 16.5. The molecule has 2 aliphatic heterocycles. The molecule has 1 aromatic heterocycles. The van der Waals surface area contributed by atoms with Crippen molar-refractivity contribution in [1.82, 2.24) is 15.4 Å². The van der Waals surface area contributed by atoms with Crippen LogP contribution in [-0.2, 0) is 6.54 Å². The summed E-state index contributed by atoms with van der Waals surface area (Å²) in [7, 11) is 0. The van der Waals surface area contributed by atoms with Crippen LogP contribution >= 0.6 is 0 Å². The molecular formula is C12H19N3O.